The molecule has 3 aromatic rings. The van der Waals surface area contributed by atoms with Crippen LogP contribution in [0.25, 0.3) is 5.57 Å². The summed E-state index contributed by atoms with van der Waals surface area (Å²) in [4.78, 5) is 15.6. The number of hydrogen-bond donors (Lipinski definition) is 0. The quantitative estimate of drug-likeness (QED) is 0.529. The second kappa shape index (κ2) is 7.66. The fraction of sp³-hybridized carbons (Fsp3) is 0.192. The van der Waals surface area contributed by atoms with E-state index >= 15 is 0 Å². The molecule has 1 heterocycles. The monoisotopic (exact) mass is 415 g/mol. The number of nitrogens with zero attached hydrogens (tertiary/aromatic N) is 1. The topological polar surface area (TPSA) is 29.5 Å². The summed E-state index contributed by atoms with van der Waals surface area (Å²) >= 11 is 6.18. The molecule has 0 aromatic heterocycles. The van der Waals surface area contributed by atoms with Crippen LogP contribution in [0.3, 0.4) is 0 Å². The summed E-state index contributed by atoms with van der Waals surface area (Å²) in [6, 6.07) is 23.6. The highest BCUT2D eigenvalue weighted by molar-refractivity contribution is 6.31. The highest BCUT2D eigenvalue weighted by Crippen LogP contribution is 2.48. The Bertz CT molecular complexity index is 1170. The average molecular weight is 416 g/mol. The van der Waals surface area contributed by atoms with E-state index < -0.39 is 0 Å². The van der Waals surface area contributed by atoms with Gasteiger partial charge in [-0.05, 0) is 59.4 Å². The molecule has 150 valence electrons. The van der Waals surface area contributed by atoms with Gasteiger partial charge in [-0.15, -0.1) is 0 Å². The van der Waals surface area contributed by atoms with Crippen molar-refractivity contribution in [1.29, 1.82) is 0 Å². The fourth-order valence-electron chi connectivity index (χ4n) is 4.81. The molecule has 0 spiro atoms. The highest BCUT2D eigenvalue weighted by Gasteiger charge is 2.39. The van der Waals surface area contributed by atoms with Crippen LogP contribution < -0.4 is 4.74 Å². The lowest BCUT2D eigenvalue weighted by Crippen LogP contribution is -2.39. The van der Waals surface area contributed by atoms with Gasteiger partial charge in [-0.2, -0.15) is 0 Å². The number of benzene rings is 3. The number of para-hydroxylation sites is 1. The van der Waals surface area contributed by atoms with Crippen molar-refractivity contribution in [3.8, 4) is 5.75 Å². The first-order valence-corrected chi connectivity index (χ1v) is 10.5. The number of halogens is 1. The third kappa shape index (κ3) is 3.10. The maximum atomic E-state index is 13.6. The normalized spacial score (nSPS) is 17.5. The maximum absolute atomic E-state index is 13.6. The van der Waals surface area contributed by atoms with Crippen LogP contribution in [0.1, 0.15) is 39.5 Å². The standard InChI is InChI=1S/C26H22ClNO2/c1-30-24-12-5-4-11-22(24)25-23-16-17-7-2-3-10-20(17)21(23)13-14-28(25)26(29)18-8-6-9-19(27)15-18/h2-12,15,25H,13-14,16H2,1H3. The first-order chi connectivity index (χ1) is 14.7. The van der Waals surface area contributed by atoms with Crippen LogP contribution in [0.4, 0.5) is 0 Å². The van der Waals surface area contributed by atoms with Gasteiger partial charge in [0.15, 0.2) is 0 Å². The van der Waals surface area contributed by atoms with Gasteiger partial charge in [0, 0.05) is 22.7 Å². The summed E-state index contributed by atoms with van der Waals surface area (Å²) in [5.41, 5.74) is 6.96. The Morgan fingerprint density at radius 3 is 2.67 bits per heavy atom. The molecule has 0 saturated carbocycles. The fourth-order valence-corrected chi connectivity index (χ4v) is 5.00. The molecule has 2 aliphatic rings. The minimum atomic E-state index is -0.163. The summed E-state index contributed by atoms with van der Waals surface area (Å²) in [5, 5.41) is 0.569. The van der Waals surface area contributed by atoms with E-state index in [0.29, 0.717) is 17.1 Å². The van der Waals surface area contributed by atoms with Gasteiger partial charge < -0.3 is 9.64 Å². The molecule has 1 unspecified atom stereocenters. The Hall–Kier alpha value is -3.04. The largest absolute Gasteiger partial charge is 0.496 e. The van der Waals surface area contributed by atoms with Crippen molar-refractivity contribution < 1.29 is 9.53 Å². The van der Waals surface area contributed by atoms with Gasteiger partial charge in [-0.3, -0.25) is 4.79 Å². The number of hydrogen-bond acceptors (Lipinski definition) is 2. The molecule has 0 fully saturated rings. The summed E-state index contributed by atoms with van der Waals surface area (Å²) < 4.78 is 5.70. The Balaban J connectivity index is 1.64. The molecule has 1 aliphatic heterocycles. The molecule has 0 N–H and O–H groups in total. The SMILES string of the molecule is COc1ccccc1C1C2=C(CCN1C(=O)c1cccc(Cl)c1)c1ccccc1C2. The number of amides is 1. The molecular formula is C26H22ClNO2. The number of rotatable bonds is 3. The van der Waals surface area contributed by atoms with Crippen LogP contribution in [0.5, 0.6) is 5.75 Å². The van der Waals surface area contributed by atoms with E-state index in [0.717, 1.165) is 24.2 Å². The molecule has 1 amide bonds. The Kier molecular flexibility index (Phi) is 4.84. The van der Waals surface area contributed by atoms with Crippen LogP contribution in [0, 0.1) is 0 Å². The zero-order valence-electron chi connectivity index (χ0n) is 16.8. The van der Waals surface area contributed by atoms with Crippen LogP contribution in [-0.4, -0.2) is 24.5 Å². The molecule has 4 heteroatoms. The lowest BCUT2D eigenvalue weighted by molar-refractivity contribution is 0.0696. The van der Waals surface area contributed by atoms with E-state index in [-0.39, 0.29) is 11.9 Å². The molecule has 5 rings (SSSR count). The van der Waals surface area contributed by atoms with E-state index in [1.165, 1.54) is 22.3 Å². The van der Waals surface area contributed by atoms with E-state index in [2.05, 4.69) is 30.3 Å². The van der Waals surface area contributed by atoms with Gasteiger partial charge in [0.05, 0.1) is 13.2 Å². The average Bonchev–Trinajstić information content (AvgIpc) is 3.16. The molecule has 3 aromatic carbocycles. The van der Waals surface area contributed by atoms with E-state index in [1.54, 1.807) is 19.2 Å². The van der Waals surface area contributed by atoms with E-state index in [1.807, 2.05) is 35.2 Å². The van der Waals surface area contributed by atoms with Crippen LogP contribution in [0.15, 0.2) is 78.4 Å². The second-order valence-corrected chi connectivity index (χ2v) is 8.18. The van der Waals surface area contributed by atoms with Crippen molar-refractivity contribution in [3.63, 3.8) is 0 Å². The number of fused-ring (bicyclic) bond motifs is 2. The molecule has 1 atom stereocenters. The van der Waals surface area contributed by atoms with Gasteiger partial charge in [-0.1, -0.05) is 60.1 Å². The Labute approximate surface area is 181 Å². The highest BCUT2D eigenvalue weighted by atomic mass is 35.5. The van der Waals surface area contributed by atoms with E-state index in [4.69, 9.17) is 16.3 Å². The number of carbonyl (C=O) groups is 1. The smallest absolute Gasteiger partial charge is 0.254 e. The molecule has 0 radical (unpaired) electrons. The van der Waals surface area contributed by atoms with Crippen molar-refractivity contribution in [1.82, 2.24) is 4.90 Å². The lowest BCUT2D eigenvalue weighted by atomic mass is 9.87. The number of methoxy groups -OCH3 is 1. The summed E-state index contributed by atoms with van der Waals surface area (Å²) in [6.07, 6.45) is 1.71. The van der Waals surface area contributed by atoms with Crippen molar-refractivity contribution in [2.75, 3.05) is 13.7 Å². The van der Waals surface area contributed by atoms with Crippen molar-refractivity contribution in [3.05, 3.63) is 106 Å². The first-order valence-electron chi connectivity index (χ1n) is 10.2. The van der Waals surface area contributed by atoms with E-state index in [9.17, 15) is 4.79 Å². The van der Waals surface area contributed by atoms with Crippen LogP contribution in [0.2, 0.25) is 5.02 Å². The third-order valence-corrected chi connectivity index (χ3v) is 6.36. The van der Waals surface area contributed by atoms with Crippen molar-refractivity contribution in [2.24, 2.45) is 0 Å². The van der Waals surface area contributed by atoms with Gasteiger partial charge in [-0.25, -0.2) is 0 Å². The number of carbonyl (C=O) groups excluding carboxylic acids is 1. The molecule has 0 bridgehead atoms. The molecule has 3 nitrogen and oxygen atoms in total. The van der Waals surface area contributed by atoms with Crippen molar-refractivity contribution >= 4 is 23.1 Å². The van der Waals surface area contributed by atoms with Gasteiger partial charge >= 0.3 is 0 Å². The van der Waals surface area contributed by atoms with Gasteiger partial charge in [0.2, 0.25) is 0 Å². The second-order valence-electron chi connectivity index (χ2n) is 7.74. The predicted molar refractivity (Wildman–Crippen MR) is 120 cm³/mol. The summed E-state index contributed by atoms with van der Waals surface area (Å²) in [7, 11) is 1.68. The Morgan fingerprint density at radius 1 is 1.03 bits per heavy atom. The minimum absolute atomic E-state index is 0.00378. The van der Waals surface area contributed by atoms with Gasteiger partial charge in [0.25, 0.3) is 5.91 Å². The molecular weight excluding hydrogens is 394 g/mol. The number of ether oxygens (including phenoxy) is 1. The summed E-state index contributed by atoms with van der Waals surface area (Å²) in [5.74, 6) is 0.798. The Morgan fingerprint density at radius 2 is 1.83 bits per heavy atom. The molecule has 30 heavy (non-hydrogen) atoms. The first kappa shape index (κ1) is 19.0. The van der Waals surface area contributed by atoms with Gasteiger partial charge in [0.1, 0.15) is 5.75 Å². The molecule has 1 aliphatic carbocycles. The summed E-state index contributed by atoms with van der Waals surface area (Å²) in [6.45, 7) is 0.654. The predicted octanol–water partition coefficient (Wildman–Crippen LogP) is 5.95. The van der Waals surface area contributed by atoms with Crippen LogP contribution >= 0.6 is 11.6 Å². The molecule has 0 saturated heterocycles. The maximum Gasteiger partial charge on any atom is 0.254 e. The third-order valence-electron chi connectivity index (χ3n) is 6.12. The minimum Gasteiger partial charge on any atom is -0.496 e. The van der Waals surface area contributed by atoms with Crippen LogP contribution in [-0.2, 0) is 6.42 Å². The zero-order valence-corrected chi connectivity index (χ0v) is 17.5. The zero-order chi connectivity index (χ0) is 20.7. The van der Waals surface area contributed by atoms with Crippen molar-refractivity contribution in [2.45, 2.75) is 18.9 Å². The lowest BCUT2D eigenvalue weighted by Gasteiger charge is -2.38.